The van der Waals surface area contributed by atoms with Crippen LogP contribution in [0.15, 0.2) is 22.7 Å². The van der Waals surface area contributed by atoms with Gasteiger partial charge >= 0.3 is 6.09 Å². The maximum absolute atomic E-state index is 11.2. The van der Waals surface area contributed by atoms with E-state index in [0.717, 1.165) is 4.47 Å². The number of rotatable bonds is 1. The van der Waals surface area contributed by atoms with Crippen molar-refractivity contribution in [3.05, 3.63) is 22.7 Å². The number of benzene rings is 1. The number of halogens is 1. The van der Waals surface area contributed by atoms with Gasteiger partial charge in [-0.1, -0.05) is 15.9 Å². The molecule has 0 aromatic heterocycles. The van der Waals surface area contributed by atoms with Crippen molar-refractivity contribution in [3.63, 3.8) is 0 Å². The lowest BCUT2D eigenvalue weighted by Crippen LogP contribution is -2.24. The fourth-order valence-electron chi connectivity index (χ4n) is 1.38. The Bertz CT molecular complexity index is 381. The van der Waals surface area contributed by atoms with E-state index in [9.17, 15) is 4.79 Å². The molecular formula is C9H9BrN2O2. The van der Waals surface area contributed by atoms with Gasteiger partial charge in [0, 0.05) is 4.47 Å². The van der Waals surface area contributed by atoms with Crippen molar-refractivity contribution < 1.29 is 9.53 Å². The van der Waals surface area contributed by atoms with Gasteiger partial charge in [-0.25, -0.2) is 4.79 Å². The Balaban J connectivity index is 2.36. The van der Waals surface area contributed by atoms with Gasteiger partial charge in [0.05, 0.1) is 17.9 Å². The van der Waals surface area contributed by atoms with Gasteiger partial charge in [0.2, 0.25) is 0 Å². The summed E-state index contributed by atoms with van der Waals surface area (Å²) in [6, 6.07) is 5.41. The molecule has 1 fully saturated rings. The van der Waals surface area contributed by atoms with Crippen molar-refractivity contribution in [3.8, 4) is 0 Å². The lowest BCUT2D eigenvalue weighted by atomic mass is 10.2. The van der Waals surface area contributed by atoms with E-state index in [2.05, 4.69) is 15.9 Å². The average Bonchev–Trinajstić information content (AvgIpc) is 2.52. The zero-order chi connectivity index (χ0) is 10.1. The number of nitrogens with zero attached hydrogens (tertiary/aromatic N) is 1. The first-order valence-electron chi connectivity index (χ1n) is 4.18. The topological polar surface area (TPSA) is 55.6 Å². The van der Waals surface area contributed by atoms with Crippen molar-refractivity contribution in [2.24, 2.45) is 0 Å². The lowest BCUT2D eigenvalue weighted by Gasteiger charge is -2.14. The molecule has 0 unspecified atom stereocenters. The van der Waals surface area contributed by atoms with E-state index in [1.165, 1.54) is 4.90 Å². The highest BCUT2D eigenvalue weighted by molar-refractivity contribution is 9.10. The highest BCUT2D eigenvalue weighted by Crippen LogP contribution is 2.28. The summed E-state index contributed by atoms with van der Waals surface area (Å²) in [6.45, 7) is 0.985. The second-order valence-corrected chi connectivity index (χ2v) is 3.88. The van der Waals surface area contributed by atoms with E-state index in [-0.39, 0.29) is 6.09 Å². The molecule has 0 atom stereocenters. The predicted molar refractivity (Wildman–Crippen MR) is 57.2 cm³/mol. The fourth-order valence-corrected chi connectivity index (χ4v) is 1.76. The van der Waals surface area contributed by atoms with Crippen molar-refractivity contribution in [2.45, 2.75) is 0 Å². The first-order chi connectivity index (χ1) is 6.68. The van der Waals surface area contributed by atoms with Crippen molar-refractivity contribution in [1.82, 2.24) is 0 Å². The standard InChI is InChI=1S/C9H9BrN2O2/c10-6-1-2-8(7(11)5-6)12-3-4-14-9(12)13/h1-2,5H,3-4,11H2. The molecule has 1 aliphatic heterocycles. The normalized spacial score (nSPS) is 15.8. The van der Waals surface area contributed by atoms with Gasteiger partial charge in [0.1, 0.15) is 6.61 Å². The largest absolute Gasteiger partial charge is 0.447 e. The summed E-state index contributed by atoms with van der Waals surface area (Å²) in [4.78, 5) is 12.8. The van der Waals surface area contributed by atoms with Crippen LogP contribution in [0.5, 0.6) is 0 Å². The van der Waals surface area contributed by atoms with Gasteiger partial charge < -0.3 is 10.5 Å². The van der Waals surface area contributed by atoms with Gasteiger partial charge in [-0.2, -0.15) is 0 Å². The number of hydrogen-bond donors (Lipinski definition) is 1. The molecule has 1 saturated heterocycles. The molecule has 0 saturated carbocycles. The van der Waals surface area contributed by atoms with Crippen LogP contribution in [0.3, 0.4) is 0 Å². The van der Waals surface area contributed by atoms with Crippen LogP contribution >= 0.6 is 15.9 Å². The highest BCUT2D eigenvalue weighted by Gasteiger charge is 2.24. The molecule has 1 aliphatic rings. The Labute approximate surface area is 89.8 Å². The zero-order valence-corrected chi connectivity index (χ0v) is 8.95. The van der Waals surface area contributed by atoms with Crippen LogP contribution in [0.25, 0.3) is 0 Å². The average molecular weight is 257 g/mol. The molecule has 5 heteroatoms. The van der Waals surface area contributed by atoms with E-state index in [4.69, 9.17) is 10.5 Å². The number of hydrogen-bond acceptors (Lipinski definition) is 3. The SMILES string of the molecule is Nc1cc(Br)ccc1N1CCOC1=O. The van der Waals surface area contributed by atoms with Crippen LogP contribution in [0.1, 0.15) is 0 Å². The molecule has 0 radical (unpaired) electrons. The van der Waals surface area contributed by atoms with Crippen molar-refractivity contribution in [2.75, 3.05) is 23.8 Å². The quantitative estimate of drug-likeness (QED) is 0.782. The summed E-state index contributed by atoms with van der Waals surface area (Å²) in [6.07, 6.45) is -0.334. The Kier molecular flexibility index (Phi) is 2.33. The first-order valence-corrected chi connectivity index (χ1v) is 4.97. The second-order valence-electron chi connectivity index (χ2n) is 2.97. The highest BCUT2D eigenvalue weighted by atomic mass is 79.9. The number of carbonyl (C=O) groups is 1. The number of anilines is 2. The fraction of sp³-hybridized carbons (Fsp3) is 0.222. The molecule has 2 rings (SSSR count). The minimum absolute atomic E-state index is 0.334. The third-order valence-electron chi connectivity index (χ3n) is 2.04. The smallest absolute Gasteiger partial charge is 0.414 e. The van der Waals surface area contributed by atoms with Gasteiger partial charge in [-0.05, 0) is 18.2 Å². The van der Waals surface area contributed by atoms with Crippen LogP contribution in [0.4, 0.5) is 16.2 Å². The molecule has 1 aromatic rings. The van der Waals surface area contributed by atoms with E-state index in [1.54, 1.807) is 12.1 Å². The number of nitrogen functional groups attached to an aromatic ring is 1. The van der Waals surface area contributed by atoms with Gasteiger partial charge in [-0.3, -0.25) is 4.90 Å². The number of ether oxygens (including phenoxy) is 1. The molecule has 2 N–H and O–H groups in total. The van der Waals surface area contributed by atoms with Crippen molar-refractivity contribution in [1.29, 1.82) is 0 Å². The molecule has 1 aromatic carbocycles. The minimum Gasteiger partial charge on any atom is -0.447 e. The maximum atomic E-state index is 11.2. The summed E-state index contributed by atoms with van der Waals surface area (Å²) >= 11 is 3.31. The van der Waals surface area contributed by atoms with Gasteiger partial charge in [-0.15, -0.1) is 0 Å². The van der Waals surface area contributed by atoms with Crippen LogP contribution < -0.4 is 10.6 Å². The van der Waals surface area contributed by atoms with Crippen LogP contribution in [0, 0.1) is 0 Å². The number of amides is 1. The van der Waals surface area contributed by atoms with Crippen LogP contribution in [0.2, 0.25) is 0 Å². The lowest BCUT2D eigenvalue weighted by molar-refractivity contribution is 0.181. The van der Waals surface area contributed by atoms with Gasteiger partial charge in [0.15, 0.2) is 0 Å². The molecule has 4 nitrogen and oxygen atoms in total. The zero-order valence-electron chi connectivity index (χ0n) is 7.37. The number of nitrogens with two attached hydrogens (primary N) is 1. The summed E-state index contributed by atoms with van der Waals surface area (Å²) in [5, 5.41) is 0. The van der Waals surface area contributed by atoms with E-state index in [0.29, 0.717) is 24.5 Å². The number of carbonyl (C=O) groups excluding carboxylic acids is 1. The van der Waals surface area contributed by atoms with Crippen LogP contribution in [-0.2, 0) is 4.74 Å². The minimum atomic E-state index is -0.334. The summed E-state index contributed by atoms with van der Waals surface area (Å²) in [5.41, 5.74) is 7.06. The molecular weight excluding hydrogens is 248 g/mol. The first kappa shape index (κ1) is 9.33. The van der Waals surface area contributed by atoms with E-state index < -0.39 is 0 Å². The van der Waals surface area contributed by atoms with E-state index >= 15 is 0 Å². The molecule has 0 aliphatic carbocycles. The molecule has 0 spiro atoms. The Morgan fingerprint density at radius 3 is 2.86 bits per heavy atom. The van der Waals surface area contributed by atoms with E-state index in [1.807, 2.05) is 6.07 Å². The van der Waals surface area contributed by atoms with Crippen LogP contribution in [-0.4, -0.2) is 19.2 Å². The maximum Gasteiger partial charge on any atom is 0.414 e. The molecule has 14 heavy (non-hydrogen) atoms. The Hall–Kier alpha value is -1.23. The predicted octanol–water partition coefficient (Wildman–Crippen LogP) is 1.99. The molecule has 1 heterocycles. The summed E-state index contributed by atoms with van der Waals surface area (Å²) in [5.74, 6) is 0. The molecule has 1 amide bonds. The third kappa shape index (κ3) is 1.55. The monoisotopic (exact) mass is 256 g/mol. The van der Waals surface area contributed by atoms with Gasteiger partial charge in [0.25, 0.3) is 0 Å². The Morgan fingerprint density at radius 2 is 2.29 bits per heavy atom. The summed E-state index contributed by atoms with van der Waals surface area (Å²) < 4.78 is 5.72. The summed E-state index contributed by atoms with van der Waals surface area (Å²) in [7, 11) is 0. The Morgan fingerprint density at radius 1 is 1.50 bits per heavy atom. The second kappa shape index (κ2) is 3.49. The van der Waals surface area contributed by atoms with Crippen molar-refractivity contribution >= 4 is 33.4 Å². The molecule has 74 valence electrons. The molecule has 0 bridgehead atoms. The third-order valence-corrected chi connectivity index (χ3v) is 2.53. The number of cyclic esters (lactones) is 1.